The molecule has 1 aromatic heterocycles. The molecule has 3 aromatic rings. The Balaban J connectivity index is 1.44. The summed E-state index contributed by atoms with van der Waals surface area (Å²) in [5, 5.41) is 3.19. The first-order chi connectivity index (χ1) is 14.0. The maximum atomic E-state index is 12.5. The van der Waals surface area contributed by atoms with Crippen molar-refractivity contribution in [2.75, 3.05) is 11.9 Å². The minimum atomic E-state index is -0.633. The number of carbonyl (C=O) groups is 2. The second-order valence-electron chi connectivity index (χ2n) is 7.00. The van der Waals surface area contributed by atoms with Crippen molar-refractivity contribution in [3.63, 3.8) is 0 Å². The summed E-state index contributed by atoms with van der Waals surface area (Å²) in [6, 6.07) is 12.2. The quantitative estimate of drug-likeness (QED) is 0.676. The van der Waals surface area contributed by atoms with E-state index in [0.29, 0.717) is 23.1 Å². The molecule has 7 heteroatoms. The third-order valence-corrected chi connectivity index (χ3v) is 5.01. The van der Waals surface area contributed by atoms with Crippen LogP contribution in [-0.2, 0) is 28.9 Å². The van der Waals surface area contributed by atoms with E-state index < -0.39 is 18.5 Å². The highest BCUT2D eigenvalue weighted by molar-refractivity contribution is 5.97. The predicted molar refractivity (Wildman–Crippen MR) is 109 cm³/mol. The van der Waals surface area contributed by atoms with Crippen molar-refractivity contribution in [2.45, 2.75) is 32.7 Å². The Kier molecular flexibility index (Phi) is 5.12. The number of hydrogen-bond donors (Lipinski definition) is 1. The molecule has 29 heavy (non-hydrogen) atoms. The van der Waals surface area contributed by atoms with Gasteiger partial charge in [-0.3, -0.25) is 14.2 Å². The molecule has 4 rings (SSSR count). The maximum Gasteiger partial charge on any atom is 0.338 e. The average Bonchev–Trinajstić information content (AvgIpc) is 3.20. The van der Waals surface area contributed by atoms with Gasteiger partial charge in [-0.1, -0.05) is 19.1 Å². The van der Waals surface area contributed by atoms with Gasteiger partial charge in [0.2, 0.25) is 0 Å². The SMILES string of the molecule is CCc1cccc(NC(=O)COC(=O)c2ccc3c(=O)n4c(nc3c2)CCC4)c1. The topological polar surface area (TPSA) is 90.3 Å². The van der Waals surface area contributed by atoms with Crippen LogP contribution in [0.5, 0.6) is 0 Å². The number of fused-ring (bicyclic) bond motifs is 2. The van der Waals surface area contributed by atoms with Crippen LogP contribution in [0.1, 0.15) is 35.1 Å². The van der Waals surface area contributed by atoms with Crippen molar-refractivity contribution < 1.29 is 14.3 Å². The minimum absolute atomic E-state index is 0.0869. The highest BCUT2D eigenvalue weighted by atomic mass is 16.5. The number of ether oxygens (including phenoxy) is 1. The largest absolute Gasteiger partial charge is 0.452 e. The number of hydrogen-bond acceptors (Lipinski definition) is 5. The van der Waals surface area contributed by atoms with Gasteiger partial charge < -0.3 is 10.1 Å². The second kappa shape index (κ2) is 7.87. The second-order valence-corrected chi connectivity index (χ2v) is 7.00. The first-order valence-electron chi connectivity index (χ1n) is 9.64. The number of aromatic nitrogens is 2. The summed E-state index contributed by atoms with van der Waals surface area (Å²) in [5.74, 6) is -0.310. The first kappa shape index (κ1) is 18.9. The van der Waals surface area contributed by atoms with E-state index in [1.54, 1.807) is 22.8 Å². The molecule has 0 atom stereocenters. The number of anilines is 1. The summed E-state index contributed by atoms with van der Waals surface area (Å²) < 4.78 is 6.81. The number of amides is 1. The van der Waals surface area contributed by atoms with Crippen LogP contribution in [0, 0.1) is 0 Å². The Labute approximate surface area is 167 Å². The Morgan fingerprint density at radius 1 is 1.21 bits per heavy atom. The number of aryl methyl sites for hydroxylation is 2. The molecule has 1 amide bonds. The predicted octanol–water partition coefficient (Wildman–Crippen LogP) is 2.70. The summed E-state index contributed by atoms with van der Waals surface area (Å²) in [7, 11) is 0. The number of esters is 1. The van der Waals surface area contributed by atoms with E-state index in [0.717, 1.165) is 30.7 Å². The van der Waals surface area contributed by atoms with Gasteiger partial charge in [0.25, 0.3) is 11.5 Å². The minimum Gasteiger partial charge on any atom is -0.452 e. The standard InChI is InChI=1S/C22H21N3O4/c1-2-14-5-3-6-16(11-14)23-20(26)13-29-22(28)15-8-9-17-18(12-15)24-19-7-4-10-25(19)21(17)27/h3,5-6,8-9,11-12H,2,4,7,10,13H2,1H3,(H,23,26). The highest BCUT2D eigenvalue weighted by Crippen LogP contribution is 2.17. The van der Waals surface area contributed by atoms with E-state index in [1.807, 2.05) is 25.1 Å². The Hall–Kier alpha value is -3.48. The van der Waals surface area contributed by atoms with Crippen molar-refractivity contribution in [1.29, 1.82) is 0 Å². The van der Waals surface area contributed by atoms with Gasteiger partial charge in [-0.25, -0.2) is 9.78 Å². The monoisotopic (exact) mass is 391 g/mol. The molecular formula is C22H21N3O4. The number of nitrogens with zero attached hydrogens (tertiary/aromatic N) is 2. The van der Waals surface area contributed by atoms with E-state index in [2.05, 4.69) is 10.3 Å². The molecule has 1 aliphatic heterocycles. The number of nitrogens with one attached hydrogen (secondary N) is 1. The highest BCUT2D eigenvalue weighted by Gasteiger charge is 2.18. The van der Waals surface area contributed by atoms with Crippen molar-refractivity contribution in [3.05, 3.63) is 69.8 Å². The van der Waals surface area contributed by atoms with Crippen LogP contribution >= 0.6 is 0 Å². The fourth-order valence-corrected chi connectivity index (χ4v) is 3.49. The Bertz CT molecular complexity index is 1170. The van der Waals surface area contributed by atoms with Gasteiger partial charge in [0.05, 0.1) is 16.5 Å². The lowest BCUT2D eigenvalue weighted by Crippen LogP contribution is -2.22. The molecule has 1 aliphatic rings. The van der Waals surface area contributed by atoms with Crippen LogP contribution in [0.3, 0.4) is 0 Å². The summed E-state index contributed by atoms with van der Waals surface area (Å²) in [6.45, 7) is 2.31. The summed E-state index contributed by atoms with van der Waals surface area (Å²) in [4.78, 5) is 41.4. The van der Waals surface area contributed by atoms with Crippen molar-refractivity contribution in [1.82, 2.24) is 9.55 Å². The van der Waals surface area contributed by atoms with Crippen LogP contribution in [0.25, 0.3) is 10.9 Å². The molecule has 0 radical (unpaired) electrons. The third-order valence-electron chi connectivity index (χ3n) is 5.01. The molecule has 0 saturated heterocycles. The van der Waals surface area contributed by atoms with Gasteiger partial charge in [-0.15, -0.1) is 0 Å². The van der Waals surface area contributed by atoms with Gasteiger partial charge >= 0.3 is 5.97 Å². The van der Waals surface area contributed by atoms with Crippen molar-refractivity contribution >= 4 is 28.5 Å². The fraction of sp³-hybridized carbons (Fsp3) is 0.273. The van der Waals surface area contributed by atoms with Crippen LogP contribution in [0.2, 0.25) is 0 Å². The summed E-state index contributed by atoms with van der Waals surface area (Å²) >= 11 is 0. The fourth-order valence-electron chi connectivity index (χ4n) is 3.49. The number of carbonyl (C=O) groups excluding carboxylic acids is 2. The molecule has 0 aliphatic carbocycles. The molecule has 1 N–H and O–H groups in total. The van der Waals surface area contributed by atoms with Gasteiger partial charge in [-0.2, -0.15) is 0 Å². The summed E-state index contributed by atoms with van der Waals surface area (Å²) in [6.07, 6.45) is 2.50. The van der Waals surface area contributed by atoms with Gasteiger partial charge in [0.1, 0.15) is 5.82 Å². The van der Waals surface area contributed by atoms with E-state index in [9.17, 15) is 14.4 Å². The zero-order chi connectivity index (χ0) is 20.4. The lowest BCUT2D eigenvalue weighted by atomic mass is 10.1. The van der Waals surface area contributed by atoms with Crippen molar-refractivity contribution in [2.24, 2.45) is 0 Å². The Morgan fingerprint density at radius 3 is 2.90 bits per heavy atom. The van der Waals surface area contributed by atoms with Gasteiger partial charge in [-0.05, 0) is 48.7 Å². The molecule has 0 bridgehead atoms. The molecule has 0 fully saturated rings. The molecular weight excluding hydrogens is 370 g/mol. The van der Waals surface area contributed by atoms with Crippen LogP contribution in [-0.4, -0.2) is 28.0 Å². The van der Waals surface area contributed by atoms with Crippen LogP contribution < -0.4 is 10.9 Å². The van der Waals surface area contributed by atoms with E-state index >= 15 is 0 Å². The normalized spacial score (nSPS) is 12.6. The van der Waals surface area contributed by atoms with E-state index in [4.69, 9.17) is 4.74 Å². The average molecular weight is 391 g/mol. The first-order valence-corrected chi connectivity index (χ1v) is 9.64. The van der Waals surface area contributed by atoms with Gasteiger partial charge in [0.15, 0.2) is 6.61 Å². The zero-order valence-electron chi connectivity index (χ0n) is 16.1. The Morgan fingerprint density at radius 2 is 2.07 bits per heavy atom. The lowest BCUT2D eigenvalue weighted by Gasteiger charge is -2.09. The lowest BCUT2D eigenvalue weighted by molar-refractivity contribution is -0.119. The molecule has 148 valence electrons. The smallest absolute Gasteiger partial charge is 0.338 e. The third kappa shape index (κ3) is 3.89. The molecule has 7 nitrogen and oxygen atoms in total. The molecule has 0 spiro atoms. The maximum absolute atomic E-state index is 12.5. The van der Waals surface area contributed by atoms with Crippen LogP contribution in [0.4, 0.5) is 5.69 Å². The molecule has 0 unspecified atom stereocenters. The number of rotatable bonds is 5. The van der Waals surface area contributed by atoms with Crippen molar-refractivity contribution in [3.8, 4) is 0 Å². The molecule has 2 aromatic carbocycles. The number of benzene rings is 2. The molecule has 2 heterocycles. The van der Waals surface area contributed by atoms with Crippen LogP contribution in [0.15, 0.2) is 47.3 Å². The van der Waals surface area contributed by atoms with E-state index in [-0.39, 0.29) is 11.1 Å². The van der Waals surface area contributed by atoms with Gasteiger partial charge in [0, 0.05) is 18.7 Å². The summed E-state index contributed by atoms with van der Waals surface area (Å²) in [5.41, 5.74) is 2.41. The zero-order valence-corrected chi connectivity index (χ0v) is 16.1. The van der Waals surface area contributed by atoms with E-state index in [1.165, 1.54) is 6.07 Å². The molecule has 0 saturated carbocycles.